The van der Waals surface area contributed by atoms with Gasteiger partial charge in [0.1, 0.15) is 5.69 Å². The summed E-state index contributed by atoms with van der Waals surface area (Å²) in [5, 5.41) is 14.2. The van der Waals surface area contributed by atoms with Crippen molar-refractivity contribution >= 4 is 17.5 Å². The molecule has 1 aliphatic heterocycles. The normalized spacial score (nSPS) is 16.9. The molecule has 3 aromatic rings. The van der Waals surface area contributed by atoms with Crippen LogP contribution in [0.25, 0.3) is 5.82 Å². The maximum absolute atomic E-state index is 13.0. The third kappa shape index (κ3) is 3.01. The molecule has 1 N–H and O–H groups in total. The number of aromatic nitrogens is 6. The molecule has 0 spiro atoms. The number of aromatic amines is 1. The molecule has 0 radical (unpaired) electrons. The zero-order valence-corrected chi connectivity index (χ0v) is 15.2. The van der Waals surface area contributed by atoms with Gasteiger partial charge in [-0.15, -0.1) is 5.10 Å². The molecule has 0 aliphatic carbocycles. The van der Waals surface area contributed by atoms with Crippen LogP contribution in [0.4, 0.5) is 13.2 Å². The average Bonchev–Trinajstić information content (AvgIpc) is 3.28. The average molecular weight is 412 g/mol. The second-order valence-corrected chi connectivity index (χ2v) is 6.71. The lowest BCUT2D eigenvalue weighted by molar-refractivity contribution is -0.141. The highest BCUT2D eigenvalue weighted by atomic mass is 35.5. The Morgan fingerprint density at radius 2 is 2.14 bits per heavy atom. The zero-order chi connectivity index (χ0) is 20.1. The van der Waals surface area contributed by atoms with Crippen LogP contribution in [0.3, 0.4) is 0 Å². The summed E-state index contributed by atoms with van der Waals surface area (Å²) in [5.74, 6) is -0.0573. The molecule has 1 atom stereocenters. The first-order valence-corrected chi connectivity index (χ1v) is 8.61. The fraction of sp³-hybridized carbons (Fsp3) is 0.312. The van der Waals surface area contributed by atoms with E-state index in [1.54, 1.807) is 23.9 Å². The second-order valence-electron chi connectivity index (χ2n) is 6.33. The van der Waals surface area contributed by atoms with E-state index in [0.717, 1.165) is 11.9 Å². The van der Waals surface area contributed by atoms with Crippen molar-refractivity contribution in [3.8, 4) is 5.82 Å². The summed E-state index contributed by atoms with van der Waals surface area (Å²) >= 11 is 5.85. The highest BCUT2D eigenvalue weighted by Crippen LogP contribution is 2.35. The predicted molar refractivity (Wildman–Crippen MR) is 90.8 cm³/mol. The summed E-state index contributed by atoms with van der Waals surface area (Å²) in [6, 6.07) is 2.60. The van der Waals surface area contributed by atoms with Crippen molar-refractivity contribution in [3.05, 3.63) is 52.2 Å². The van der Waals surface area contributed by atoms with Crippen LogP contribution in [0.1, 0.15) is 34.4 Å². The van der Waals surface area contributed by atoms with Crippen molar-refractivity contribution in [3.63, 3.8) is 0 Å². The van der Waals surface area contributed by atoms with E-state index in [9.17, 15) is 18.0 Å². The Bertz CT molecular complexity index is 1030. The number of rotatable bonds is 2. The molecule has 0 aromatic carbocycles. The molecule has 4 rings (SSSR count). The molecular weight excluding hydrogens is 399 g/mol. The molecule has 0 unspecified atom stereocenters. The Balaban J connectivity index is 1.66. The van der Waals surface area contributed by atoms with E-state index in [0.29, 0.717) is 17.9 Å². The van der Waals surface area contributed by atoms with E-state index in [1.807, 2.05) is 0 Å². The van der Waals surface area contributed by atoms with Crippen LogP contribution in [0.2, 0.25) is 5.02 Å². The van der Waals surface area contributed by atoms with E-state index in [1.165, 1.54) is 11.0 Å². The number of alkyl halides is 3. The summed E-state index contributed by atoms with van der Waals surface area (Å²) < 4.78 is 40.7. The highest BCUT2D eigenvalue weighted by molar-refractivity contribution is 6.34. The van der Waals surface area contributed by atoms with Crippen LogP contribution < -0.4 is 0 Å². The zero-order valence-electron chi connectivity index (χ0n) is 14.4. The maximum Gasteiger partial charge on any atom is 0.434 e. The smallest absolute Gasteiger partial charge is 0.329 e. The highest BCUT2D eigenvalue weighted by Gasteiger charge is 2.38. The topological polar surface area (TPSA) is 92.6 Å². The lowest BCUT2D eigenvalue weighted by Crippen LogP contribution is -2.43. The lowest BCUT2D eigenvalue weighted by Gasteiger charge is -2.33. The van der Waals surface area contributed by atoms with Crippen molar-refractivity contribution in [2.45, 2.75) is 32.1 Å². The summed E-state index contributed by atoms with van der Waals surface area (Å²) in [5.41, 5.74) is -0.190. The Kier molecular flexibility index (Phi) is 4.33. The standard InChI is InChI=1S/C16H13ClF3N7O/c1-8-6-11-10(23-25-27(11)12-3-5-22-24-12)7-26(8)15(28)9-2-4-21-14(13(9)17)16(18,19)20/h2-5,8H,6-7H2,1H3,(H,22,24)/t8-/m1/s1. The number of pyridine rings is 1. The van der Waals surface area contributed by atoms with Gasteiger partial charge in [0.15, 0.2) is 11.5 Å². The molecule has 0 bridgehead atoms. The van der Waals surface area contributed by atoms with Gasteiger partial charge in [-0.3, -0.25) is 14.9 Å². The van der Waals surface area contributed by atoms with Gasteiger partial charge in [-0.1, -0.05) is 16.8 Å². The SMILES string of the molecule is C[C@@H]1Cc2c(nnn2-c2cc[nH]n2)CN1C(=O)c1ccnc(C(F)(F)F)c1Cl. The van der Waals surface area contributed by atoms with Gasteiger partial charge in [0.05, 0.1) is 22.8 Å². The fourth-order valence-corrected chi connectivity index (χ4v) is 3.45. The van der Waals surface area contributed by atoms with E-state index in [-0.39, 0.29) is 18.2 Å². The molecule has 0 saturated carbocycles. The minimum absolute atomic E-state index is 0.0970. The summed E-state index contributed by atoms with van der Waals surface area (Å²) in [6.07, 6.45) is -1.76. The predicted octanol–water partition coefficient (Wildman–Crippen LogP) is 2.64. The lowest BCUT2D eigenvalue weighted by atomic mass is 10.0. The molecule has 8 nitrogen and oxygen atoms in total. The Morgan fingerprint density at radius 1 is 1.36 bits per heavy atom. The first-order chi connectivity index (χ1) is 13.3. The quantitative estimate of drug-likeness (QED) is 0.699. The number of carbonyl (C=O) groups excluding carboxylic acids is 1. The monoisotopic (exact) mass is 411 g/mol. The number of carbonyl (C=O) groups is 1. The van der Waals surface area contributed by atoms with Crippen molar-refractivity contribution < 1.29 is 18.0 Å². The van der Waals surface area contributed by atoms with Gasteiger partial charge in [-0.25, -0.2) is 0 Å². The van der Waals surface area contributed by atoms with Crippen LogP contribution in [0, 0.1) is 0 Å². The van der Waals surface area contributed by atoms with Gasteiger partial charge in [0.25, 0.3) is 5.91 Å². The third-order valence-electron chi connectivity index (χ3n) is 4.54. The molecule has 0 saturated heterocycles. The number of nitrogens with one attached hydrogen (secondary N) is 1. The van der Waals surface area contributed by atoms with Crippen molar-refractivity contribution in [2.75, 3.05) is 0 Å². The van der Waals surface area contributed by atoms with Gasteiger partial charge < -0.3 is 4.90 Å². The third-order valence-corrected chi connectivity index (χ3v) is 4.92. The molecule has 0 fully saturated rings. The number of fused-ring (bicyclic) bond motifs is 1. The van der Waals surface area contributed by atoms with E-state index in [2.05, 4.69) is 25.5 Å². The number of H-pyrrole nitrogens is 1. The van der Waals surface area contributed by atoms with Crippen LogP contribution in [0.15, 0.2) is 24.5 Å². The van der Waals surface area contributed by atoms with Gasteiger partial charge in [0.2, 0.25) is 0 Å². The minimum atomic E-state index is -4.75. The van der Waals surface area contributed by atoms with E-state index >= 15 is 0 Å². The fourth-order valence-electron chi connectivity index (χ4n) is 3.15. The van der Waals surface area contributed by atoms with Crippen LogP contribution >= 0.6 is 11.6 Å². The molecule has 3 aromatic heterocycles. The molecular formula is C16H13ClF3N7O. The van der Waals surface area contributed by atoms with Gasteiger partial charge >= 0.3 is 6.18 Å². The first-order valence-electron chi connectivity index (χ1n) is 8.23. The number of amides is 1. The molecule has 1 aliphatic rings. The van der Waals surface area contributed by atoms with Crippen molar-refractivity contribution in [1.82, 2.24) is 35.1 Å². The second kappa shape index (κ2) is 6.59. The Labute approximate surface area is 161 Å². The first kappa shape index (κ1) is 18.4. The maximum atomic E-state index is 13.0. The van der Waals surface area contributed by atoms with Crippen LogP contribution in [-0.2, 0) is 19.1 Å². The van der Waals surface area contributed by atoms with E-state index in [4.69, 9.17) is 11.6 Å². The molecule has 4 heterocycles. The molecule has 28 heavy (non-hydrogen) atoms. The summed E-state index contributed by atoms with van der Waals surface area (Å²) in [6.45, 7) is 1.89. The minimum Gasteiger partial charge on any atom is -0.329 e. The number of hydrogen-bond acceptors (Lipinski definition) is 5. The Hall–Kier alpha value is -2.95. The number of halogens is 4. The van der Waals surface area contributed by atoms with Gasteiger partial charge in [-0.05, 0) is 13.0 Å². The van der Waals surface area contributed by atoms with Gasteiger partial charge in [0, 0.05) is 30.9 Å². The van der Waals surface area contributed by atoms with Crippen molar-refractivity contribution in [1.29, 1.82) is 0 Å². The summed E-state index contributed by atoms with van der Waals surface area (Å²) in [7, 11) is 0. The van der Waals surface area contributed by atoms with Gasteiger partial charge in [-0.2, -0.15) is 23.0 Å². The molecule has 1 amide bonds. The molecule has 12 heteroatoms. The number of hydrogen-bond donors (Lipinski definition) is 1. The van der Waals surface area contributed by atoms with Crippen molar-refractivity contribution in [2.24, 2.45) is 0 Å². The van der Waals surface area contributed by atoms with Crippen LogP contribution in [-0.4, -0.2) is 47.0 Å². The van der Waals surface area contributed by atoms with Crippen LogP contribution in [0.5, 0.6) is 0 Å². The van der Waals surface area contributed by atoms with E-state index < -0.39 is 22.8 Å². The number of nitrogens with zero attached hydrogens (tertiary/aromatic N) is 6. The molecule has 146 valence electrons. The Morgan fingerprint density at radius 3 is 2.82 bits per heavy atom. The largest absolute Gasteiger partial charge is 0.434 e. The summed E-state index contributed by atoms with van der Waals surface area (Å²) in [4.78, 5) is 17.6.